The summed E-state index contributed by atoms with van der Waals surface area (Å²) in [6, 6.07) is 16.5. The molecule has 6 nitrogen and oxygen atoms in total. The van der Waals surface area contributed by atoms with E-state index in [0.717, 1.165) is 0 Å². The number of hydrogen-bond acceptors (Lipinski definition) is 5. The molecule has 0 spiro atoms. The molecule has 1 aliphatic rings. The minimum absolute atomic E-state index is 0.138. The van der Waals surface area contributed by atoms with Gasteiger partial charge in [-0.2, -0.15) is 0 Å². The van der Waals surface area contributed by atoms with Gasteiger partial charge < -0.3 is 5.11 Å². The van der Waals surface area contributed by atoms with Crippen molar-refractivity contribution < 1.29 is 14.6 Å². The largest absolute Gasteiger partial charge is 0.854 e. The van der Waals surface area contributed by atoms with E-state index in [1.54, 1.807) is 21.7 Å². The van der Waals surface area contributed by atoms with Crippen LogP contribution in [0.3, 0.4) is 0 Å². The molecule has 0 saturated carbocycles. The molecule has 2 aromatic carbocycles. The summed E-state index contributed by atoms with van der Waals surface area (Å²) in [7, 11) is 0. The standard InChI is InChI=1S/C19H16N4O2S/c1-12-22(18(25)13-8-4-3-5-9-13)15-11-7-6-10-14(15)16-17(24)20-19(26-2)21-23(12)16/h3-12H,1-2H3. The van der Waals surface area contributed by atoms with Crippen molar-refractivity contribution >= 4 is 23.4 Å². The maximum atomic E-state index is 13.2. The Kier molecular flexibility index (Phi) is 4.08. The highest BCUT2D eigenvalue weighted by Gasteiger charge is 2.41. The van der Waals surface area contributed by atoms with E-state index >= 15 is 0 Å². The van der Waals surface area contributed by atoms with Gasteiger partial charge >= 0.3 is 0 Å². The number of thioether (sulfide) groups is 1. The highest BCUT2D eigenvalue weighted by molar-refractivity contribution is 7.98. The van der Waals surface area contributed by atoms with Crippen LogP contribution in [0, 0.1) is 0 Å². The highest BCUT2D eigenvalue weighted by atomic mass is 32.2. The summed E-state index contributed by atoms with van der Waals surface area (Å²) in [6.07, 6.45) is 1.37. The maximum Gasteiger partial charge on any atom is 0.264 e. The smallest absolute Gasteiger partial charge is 0.264 e. The van der Waals surface area contributed by atoms with Gasteiger partial charge in [0.25, 0.3) is 22.9 Å². The molecule has 1 aromatic heterocycles. The molecular weight excluding hydrogens is 348 g/mol. The summed E-state index contributed by atoms with van der Waals surface area (Å²) >= 11 is 1.30. The van der Waals surface area contributed by atoms with Crippen molar-refractivity contribution in [3.05, 3.63) is 60.2 Å². The van der Waals surface area contributed by atoms with E-state index in [4.69, 9.17) is 0 Å². The molecule has 0 bridgehead atoms. The molecular formula is C19H16N4O2S. The Bertz CT molecular complexity index is 994. The third kappa shape index (κ3) is 2.52. The van der Waals surface area contributed by atoms with E-state index in [0.29, 0.717) is 27.7 Å². The first kappa shape index (κ1) is 16.5. The number of carbonyl (C=O) groups excluding carboxylic acids is 1. The first-order valence-corrected chi connectivity index (χ1v) is 9.37. The topological polar surface area (TPSA) is 73.0 Å². The third-order valence-electron chi connectivity index (χ3n) is 4.39. The molecule has 7 heteroatoms. The number of nitrogens with zero attached hydrogens (tertiary/aromatic N) is 4. The average molecular weight is 364 g/mol. The van der Waals surface area contributed by atoms with E-state index in [1.807, 2.05) is 55.6 Å². The van der Waals surface area contributed by atoms with E-state index in [1.165, 1.54) is 11.8 Å². The fourth-order valence-electron chi connectivity index (χ4n) is 3.19. The molecule has 130 valence electrons. The van der Waals surface area contributed by atoms with Gasteiger partial charge in [-0.3, -0.25) is 4.79 Å². The van der Waals surface area contributed by atoms with Gasteiger partial charge in [0.2, 0.25) is 0 Å². The molecule has 1 aliphatic heterocycles. The number of anilines is 1. The fraction of sp³-hybridized carbons (Fsp3) is 0.158. The lowest BCUT2D eigenvalue weighted by Gasteiger charge is -2.31. The van der Waals surface area contributed by atoms with Crippen LogP contribution in [-0.2, 0) is 0 Å². The number of amides is 1. The summed E-state index contributed by atoms with van der Waals surface area (Å²) in [5, 5.41) is 17.5. The molecule has 26 heavy (non-hydrogen) atoms. The number of aromatic nitrogens is 3. The molecule has 0 radical (unpaired) electrons. The molecule has 1 unspecified atom stereocenters. The monoisotopic (exact) mass is 364 g/mol. The lowest BCUT2D eigenvalue weighted by atomic mass is 10.0. The van der Waals surface area contributed by atoms with Crippen LogP contribution in [0.15, 0.2) is 59.8 Å². The Morgan fingerprint density at radius 3 is 2.58 bits per heavy atom. The molecule has 0 aliphatic carbocycles. The van der Waals surface area contributed by atoms with Crippen LogP contribution in [-0.4, -0.2) is 22.2 Å². The minimum Gasteiger partial charge on any atom is -0.854 e. The van der Waals surface area contributed by atoms with Crippen LogP contribution in [0.5, 0.6) is 5.88 Å². The van der Waals surface area contributed by atoms with Gasteiger partial charge in [-0.1, -0.05) is 46.8 Å². The van der Waals surface area contributed by atoms with Crippen molar-refractivity contribution in [2.24, 2.45) is 0 Å². The van der Waals surface area contributed by atoms with Crippen molar-refractivity contribution in [2.45, 2.75) is 18.2 Å². The Morgan fingerprint density at radius 2 is 1.85 bits per heavy atom. The predicted octanol–water partition coefficient (Wildman–Crippen LogP) is 2.41. The molecule has 0 saturated heterocycles. The Morgan fingerprint density at radius 1 is 1.15 bits per heavy atom. The van der Waals surface area contributed by atoms with Gasteiger partial charge in [-0.05, 0) is 30.5 Å². The van der Waals surface area contributed by atoms with Crippen LogP contribution in [0.4, 0.5) is 5.69 Å². The maximum absolute atomic E-state index is 13.2. The minimum atomic E-state index is -0.450. The zero-order valence-corrected chi connectivity index (χ0v) is 15.1. The van der Waals surface area contributed by atoms with Gasteiger partial charge in [0.05, 0.1) is 17.1 Å². The third-order valence-corrected chi connectivity index (χ3v) is 4.93. The first-order chi connectivity index (χ1) is 12.6. The molecule has 4 rings (SSSR count). The lowest BCUT2D eigenvalue weighted by molar-refractivity contribution is -0.769. The van der Waals surface area contributed by atoms with Crippen LogP contribution in [0.25, 0.3) is 11.3 Å². The van der Waals surface area contributed by atoms with Crippen molar-refractivity contribution in [3.8, 4) is 17.1 Å². The van der Waals surface area contributed by atoms with Gasteiger partial charge in [0, 0.05) is 17.6 Å². The molecule has 3 aromatic rings. The van der Waals surface area contributed by atoms with Crippen LogP contribution >= 0.6 is 11.8 Å². The molecule has 1 amide bonds. The highest BCUT2D eigenvalue weighted by Crippen LogP contribution is 2.39. The van der Waals surface area contributed by atoms with Crippen LogP contribution in [0.1, 0.15) is 23.4 Å². The van der Waals surface area contributed by atoms with Crippen molar-refractivity contribution in [2.75, 3.05) is 11.2 Å². The van der Waals surface area contributed by atoms with E-state index in [2.05, 4.69) is 10.1 Å². The molecule has 2 heterocycles. The van der Waals surface area contributed by atoms with E-state index < -0.39 is 6.17 Å². The number of carbonyl (C=O) groups is 1. The SMILES string of the molecule is CSc1nc([O-])c2[n+](n1)C(C)N(C(=O)c1ccccc1)c1ccccc1-2. The van der Waals surface area contributed by atoms with Gasteiger partial charge in [0.1, 0.15) is 0 Å². The summed E-state index contributed by atoms with van der Waals surface area (Å²) in [5.41, 5.74) is 2.33. The quantitative estimate of drug-likeness (QED) is 0.516. The van der Waals surface area contributed by atoms with Gasteiger partial charge in [0.15, 0.2) is 0 Å². The molecule has 0 fully saturated rings. The first-order valence-electron chi connectivity index (χ1n) is 8.14. The predicted molar refractivity (Wildman–Crippen MR) is 96.9 cm³/mol. The Labute approximate surface area is 155 Å². The average Bonchev–Trinajstić information content (AvgIpc) is 2.68. The summed E-state index contributed by atoms with van der Waals surface area (Å²) in [6.45, 7) is 1.86. The molecule has 1 atom stereocenters. The van der Waals surface area contributed by atoms with E-state index in [9.17, 15) is 9.90 Å². The number of rotatable bonds is 2. The molecule has 0 N–H and O–H groups in total. The number of benzene rings is 2. The second-order valence-corrected chi connectivity index (χ2v) is 6.66. The lowest BCUT2D eigenvalue weighted by Crippen LogP contribution is -2.57. The van der Waals surface area contributed by atoms with Gasteiger partial charge in [-0.25, -0.2) is 9.88 Å². The normalized spacial score (nSPS) is 15.3. The summed E-state index contributed by atoms with van der Waals surface area (Å²) in [4.78, 5) is 18.9. The zero-order valence-electron chi connectivity index (χ0n) is 14.3. The summed E-state index contributed by atoms with van der Waals surface area (Å²) in [5.74, 6) is -0.476. The van der Waals surface area contributed by atoms with E-state index in [-0.39, 0.29) is 11.8 Å². The summed E-state index contributed by atoms with van der Waals surface area (Å²) < 4.78 is 1.60. The van der Waals surface area contributed by atoms with Crippen LogP contribution < -0.4 is 14.7 Å². The fourth-order valence-corrected chi connectivity index (χ4v) is 3.54. The number of fused-ring (bicyclic) bond motifs is 3. The van der Waals surface area contributed by atoms with Crippen LogP contribution in [0.2, 0.25) is 0 Å². The Hall–Kier alpha value is -2.93. The van der Waals surface area contributed by atoms with Crippen molar-refractivity contribution in [1.29, 1.82) is 0 Å². The van der Waals surface area contributed by atoms with Crippen molar-refractivity contribution in [1.82, 2.24) is 10.1 Å². The number of para-hydroxylation sites is 1. The van der Waals surface area contributed by atoms with Gasteiger partial charge in [-0.15, -0.1) is 0 Å². The zero-order chi connectivity index (χ0) is 18.3. The second kappa shape index (κ2) is 6.42. The van der Waals surface area contributed by atoms with Crippen molar-refractivity contribution in [3.63, 3.8) is 0 Å². The Balaban J connectivity index is 1.94. The number of hydrogen-bond donors (Lipinski definition) is 0. The second-order valence-electron chi connectivity index (χ2n) is 5.89.